The van der Waals surface area contributed by atoms with Crippen molar-refractivity contribution >= 4 is 15.9 Å². The van der Waals surface area contributed by atoms with Gasteiger partial charge >= 0.3 is 0 Å². The minimum absolute atomic E-state index is 0.287. The van der Waals surface area contributed by atoms with Crippen molar-refractivity contribution in [3.63, 3.8) is 0 Å². The van der Waals surface area contributed by atoms with Gasteiger partial charge < -0.3 is 0 Å². The van der Waals surface area contributed by atoms with Crippen molar-refractivity contribution in [2.45, 2.75) is 31.9 Å². The highest BCUT2D eigenvalue weighted by atomic mass is 32.2. The Labute approximate surface area is 72.6 Å². The van der Waals surface area contributed by atoms with Crippen LogP contribution in [0.3, 0.4) is 0 Å². The molecule has 1 aliphatic rings. The van der Waals surface area contributed by atoms with Crippen LogP contribution in [0, 0.1) is 0 Å². The molecule has 1 aliphatic heterocycles. The van der Waals surface area contributed by atoms with Crippen LogP contribution in [0.2, 0.25) is 0 Å². The number of carbonyl (C=O) groups excluding carboxylic acids is 1. The first-order chi connectivity index (χ1) is 5.27. The molecule has 12 heavy (non-hydrogen) atoms. The summed E-state index contributed by atoms with van der Waals surface area (Å²) in [6.45, 7) is 5.12. The molecule has 0 aromatic carbocycles. The van der Waals surface area contributed by atoms with E-state index >= 15 is 0 Å². The molecule has 0 spiro atoms. The molecule has 1 heterocycles. The lowest BCUT2D eigenvalue weighted by Crippen LogP contribution is -2.53. The van der Waals surface area contributed by atoms with Crippen LogP contribution < -0.4 is 0 Å². The van der Waals surface area contributed by atoms with E-state index in [4.69, 9.17) is 0 Å². The van der Waals surface area contributed by atoms with Gasteiger partial charge in [-0.1, -0.05) is 0 Å². The summed E-state index contributed by atoms with van der Waals surface area (Å²) in [5.74, 6) is -0.287. The van der Waals surface area contributed by atoms with Crippen molar-refractivity contribution < 1.29 is 13.2 Å². The van der Waals surface area contributed by atoms with Crippen LogP contribution in [0.15, 0.2) is 0 Å². The summed E-state index contributed by atoms with van der Waals surface area (Å²) >= 11 is 0. The van der Waals surface area contributed by atoms with Gasteiger partial charge in [-0.15, -0.1) is 0 Å². The molecule has 0 aliphatic carbocycles. The lowest BCUT2D eigenvalue weighted by Gasteiger charge is -2.35. The number of hydrogen-bond acceptors (Lipinski definition) is 3. The Morgan fingerprint density at radius 2 is 1.83 bits per heavy atom. The fourth-order valence-corrected chi connectivity index (χ4v) is 2.23. The Balaban J connectivity index is 2.95. The summed E-state index contributed by atoms with van der Waals surface area (Å²) in [6, 6.07) is 0. The van der Waals surface area contributed by atoms with E-state index in [0.717, 1.165) is 4.31 Å². The maximum Gasteiger partial charge on any atom is 0.242 e. The highest BCUT2D eigenvalue weighted by Crippen LogP contribution is 2.25. The van der Waals surface area contributed by atoms with Crippen molar-refractivity contribution in [1.29, 1.82) is 0 Å². The first-order valence-corrected chi connectivity index (χ1v) is 5.26. The Bertz CT molecular complexity index is 299. The average molecular weight is 191 g/mol. The molecule has 0 atom stereocenters. The number of hydrogen-bond donors (Lipinski definition) is 0. The maximum absolute atomic E-state index is 11.5. The molecule has 1 fully saturated rings. The van der Waals surface area contributed by atoms with Gasteiger partial charge in [-0.05, 0) is 20.8 Å². The summed E-state index contributed by atoms with van der Waals surface area (Å²) in [5.41, 5.74) is 0. The van der Waals surface area contributed by atoms with Crippen molar-refractivity contribution in [1.82, 2.24) is 4.31 Å². The Morgan fingerprint density at radius 1 is 1.33 bits per heavy atom. The highest BCUT2D eigenvalue weighted by molar-refractivity contribution is 7.91. The zero-order valence-electron chi connectivity index (χ0n) is 7.49. The largest absolute Gasteiger partial charge is 0.274 e. The summed E-state index contributed by atoms with van der Waals surface area (Å²) in [5, 5.41) is 0. The first kappa shape index (κ1) is 9.51. The molecule has 1 saturated heterocycles. The molecule has 5 heteroatoms. The van der Waals surface area contributed by atoms with E-state index in [9.17, 15) is 13.2 Å². The second-order valence-electron chi connectivity index (χ2n) is 3.83. The van der Waals surface area contributed by atoms with E-state index in [2.05, 4.69) is 0 Å². The topological polar surface area (TPSA) is 54.5 Å². The highest BCUT2D eigenvalue weighted by Gasteiger charge is 2.42. The van der Waals surface area contributed by atoms with Crippen molar-refractivity contribution in [3.05, 3.63) is 0 Å². The number of sulfonamides is 1. The molecule has 0 aromatic rings. The third-order valence-corrected chi connectivity index (χ3v) is 4.39. The van der Waals surface area contributed by atoms with E-state index < -0.39 is 14.8 Å². The fraction of sp³-hybridized carbons (Fsp3) is 0.857. The smallest absolute Gasteiger partial charge is 0.242 e. The molecule has 0 saturated carbocycles. The third-order valence-electron chi connectivity index (χ3n) is 1.87. The maximum atomic E-state index is 11.5. The van der Waals surface area contributed by atoms with Gasteiger partial charge in [0.25, 0.3) is 0 Å². The Morgan fingerprint density at radius 3 is 1.92 bits per heavy atom. The van der Waals surface area contributed by atoms with Crippen LogP contribution in [-0.2, 0) is 14.8 Å². The number of rotatable bonds is 1. The van der Waals surface area contributed by atoms with Crippen LogP contribution in [-0.4, -0.2) is 29.9 Å². The zero-order chi connectivity index (χ0) is 9.57. The lowest BCUT2D eigenvalue weighted by molar-refractivity contribution is -0.133. The van der Waals surface area contributed by atoms with E-state index in [1.54, 1.807) is 20.8 Å². The minimum Gasteiger partial charge on any atom is -0.274 e. The zero-order valence-corrected chi connectivity index (χ0v) is 8.31. The molecule has 0 unspecified atom stereocenters. The van der Waals surface area contributed by atoms with Gasteiger partial charge in [0.2, 0.25) is 15.9 Å². The predicted molar refractivity (Wildman–Crippen MR) is 45.0 cm³/mol. The van der Waals surface area contributed by atoms with Crippen LogP contribution in [0.25, 0.3) is 0 Å². The number of amides is 1. The monoisotopic (exact) mass is 191 g/mol. The number of nitrogens with zero attached hydrogens (tertiary/aromatic N) is 1. The molecular weight excluding hydrogens is 178 g/mol. The van der Waals surface area contributed by atoms with E-state index in [0.29, 0.717) is 13.0 Å². The molecule has 0 radical (unpaired) electrons. The van der Waals surface area contributed by atoms with Gasteiger partial charge in [0.15, 0.2) is 0 Å². The van der Waals surface area contributed by atoms with E-state index in [1.807, 2.05) is 0 Å². The summed E-state index contributed by atoms with van der Waals surface area (Å²) < 4.78 is 23.2. The molecule has 0 aromatic heterocycles. The van der Waals surface area contributed by atoms with Gasteiger partial charge in [0.1, 0.15) is 0 Å². The molecule has 1 amide bonds. The van der Waals surface area contributed by atoms with Crippen molar-refractivity contribution in [3.8, 4) is 0 Å². The molecule has 70 valence electrons. The van der Waals surface area contributed by atoms with E-state index in [-0.39, 0.29) is 5.91 Å². The van der Waals surface area contributed by atoms with Crippen LogP contribution in [0.5, 0.6) is 0 Å². The lowest BCUT2D eigenvalue weighted by atomic mass is 10.3. The van der Waals surface area contributed by atoms with Crippen LogP contribution in [0.4, 0.5) is 0 Å². The minimum atomic E-state index is -3.41. The summed E-state index contributed by atoms with van der Waals surface area (Å²) in [4.78, 5) is 10.9. The van der Waals surface area contributed by atoms with Crippen LogP contribution >= 0.6 is 0 Å². The van der Waals surface area contributed by atoms with Gasteiger partial charge in [-0.25, -0.2) is 12.7 Å². The first-order valence-electron chi connectivity index (χ1n) is 3.82. The second kappa shape index (κ2) is 2.45. The average Bonchev–Trinajstić information content (AvgIpc) is 1.81. The third kappa shape index (κ3) is 1.22. The van der Waals surface area contributed by atoms with Gasteiger partial charge in [0.05, 0.1) is 4.75 Å². The molecule has 4 nitrogen and oxygen atoms in total. The number of β-lactam (4-membered cyclic amide) rings is 1. The second-order valence-corrected chi connectivity index (χ2v) is 6.45. The van der Waals surface area contributed by atoms with Gasteiger partial charge in [0, 0.05) is 13.0 Å². The van der Waals surface area contributed by atoms with Gasteiger partial charge in [-0.2, -0.15) is 0 Å². The quantitative estimate of drug-likeness (QED) is 0.562. The fourth-order valence-electron chi connectivity index (χ4n) is 0.879. The summed E-state index contributed by atoms with van der Waals surface area (Å²) in [6.07, 6.45) is 0.356. The van der Waals surface area contributed by atoms with Gasteiger partial charge in [-0.3, -0.25) is 4.79 Å². The molecule has 0 bridgehead atoms. The van der Waals surface area contributed by atoms with Crippen LogP contribution in [0.1, 0.15) is 27.2 Å². The van der Waals surface area contributed by atoms with Crippen molar-refractivity contribution in [2.75, 3.05) is 6.54 Å². The Kier molecular flexibility index (Phi) is 1.94. The summed E-state index contributed by atoms with van der Waals surface area (Å²) in [7, 11) is -3.41. The molecule has 0 N–H and O–H groups in total. The van der Waals surface area contributed by atoms with Crippen molar-refractivity contribution in [2.24, 2.45) is 0 Å². The molecule has 1 rings (SSSR count). The van der Waals surface area contributed by atoms with E-state index in [1.165, 1.54) is 0 Å². The SMILES string of the molecule is CC(C)(C)S(=O)(=O)N1CCC1=O. The Hall–Kier alpha value is -0.580. The predicted octanol–water partition coefficient (Wildman–Crippen LogP) is 0.347. The molecular formula is C7H13NO3S. The normalized spacial score (nSPS) is 19.2. The standard InChI is InChI=1S/C7H13NO3S/c1-7(2,3)12(10,11)8-5-4-6(8)9/h4-5H2,1-3H3. The number of carbonyl (C=O) groups is 1.